The molecule has 4 aliphatic carbocycles. The van der Waals surface area contributed by atoms with Gasteiger partial charge in [0.15, 0.2) is 0 Å². The van der Waals surface area contributed by atoms with Crippen molar-refractivity contribution < 1.29 is 37.8 Å². The van der Waals surface area contributed by atoms with Crippen molar-refractivity contribution in [3.05, 3.63) is 11.6 Å². The molecule has 0 saturated heterocycles. The van der Waals surface area contributed by atoms with E-state index in [0.717, 1.165) is 36.0 Å². The van der Waals surface area contributed by atoms with Crippen LogP contribution in [0.2, 0.25) is 0 Å². The molecule has 1 nitrogen and oxygen atoms in total. The Morgan fingerprint density at radius 1 is 0.885 bits per heavy atom. The summed E-state index contributed by atoms with van der Waals surface area (Å²) in [5, 5.41) is 10.5. The molecule has 0 heterocycles. The largest absolute Gasteiger partial charge is 0.392 e. The van der Waals surface area contributed by atoms with Crippen LogP contribution in [0.15, 0.2) is 11.6 Å². The summed E-state index contributed by atoms with van der Waals surface area (Å²) in [6, 6.07) is 0. The predicted octanol–water partition coefficient (Wildman–Crippen LogP) is 6.50. The summed E-state index contributed by atoms with van der Waals surface area (Å²) in [5.41, 5.74) is 1.62. The summed E-state index contributed by atoms with van der Waals surface area (Å²) in [4.78, 5) is 0. The first-order valence-corrected chi connectivity index (χ1v) is 11.6. The normalized spacial score (nSPS) is 41.7. The van der Waals surface area contributed by atoms with Crippen molar-refractivity contribution in [2.24, 2.45) is 35.5 Å². The Morgan fingerprint density at radius 2 is 1.62 bits per heavy atom. The molecule has 26 heavy (non-hydrogen) atoms. The predicted molar refractivity (Wildman–Crippen MR) is 105 cm³/mol. The Bertz CT molecular complexity index is 461. The molecule has 0 aliphatic heterocycles. The van der Waals surface area contributed by atoms with Crippen molar-refractivity contribution in [1.29, 1.82) is 0 Å². The molecule has 0 aromatic carbocycles. The summed E-state index contributed by atoms with van der Waals surface area (Å²) in [6.45, 7) is 2.30. The van der Waals surface area contributed by atoms with Gasteiger partial charge in [-0.05, 0) is 87.4 Å². The Labute approximate surface area is 187 Å². The van der Waals surface area contributed by atoms with E-state index in [9.17, 15) is 5.11 Å². The first kappa shape index (κ1) is 21.5. The fraction of sp³-hybridized carbons (Fsp3) is 0.917. The second-order valence-corrected chi connectivity index (χ2v) is 10.2. The van der Waals surface area contributed by atoms with Crippen molar-refractivity contribution in [2.75, 3.05) is 0 Å². The maximum absolute atomic E-state index is 10.5. The molecule has 1 N–H and O–H groups in total. The molecule has 1 radical (unpaired) electrons. The van der Waals surface area contributed by atoms with Gasteiger partial charge in [-0.25, -0.2) is 0 Å². The van der Waals surface area contributed by atoms with Gasteiger partial charge in [0.05, 0.1) is 6.10 Å². The standard InChI is InChI=1S/C24H40O.Y/c1-17-5-14-23(24(25)15-17)22-12-10-21(11-13-22)20-8-6-19(7-9-20)16-18-3-2-4-18;/h12,17-21,23-25H,2-11,13-16H2,1H3;. The van der Waals surface area contributed by atoms with Gasteiger partial charge in [0.2, 0.25) is 0 Å². The minimum absolute atomic E-state index is 0. The summed E-state index contributed by atoms with van der Waals surface area (Å²) >= 11 is 0. The fourth-order valence-electron chi connectivity index (χ4n) is 6.52. The number of hydrogen-bond donors (Lipinski definition) is 1. The van der Waals surface area contributed by atoms with Crippen molar-refractivity contribution in [3.63, 3.8) is 0 Å². The van der Waals surface area contributed by atoms with E-state index < -0.39 is 0 Å². The van der Waals surface area contributed by atoms with E-state index in [-0.39, 0.29) is 38.8 Å². The smallest absolute Gasteiger partial charge is 0.0608 e. The van der Waals surface area contributed by atoms with Crippen LogP contribution >= 0.6 is 0 Å². The van der Waals surface area contributed by atoms with Crippen molar-refractivity contribution >= 4 is 0 Å². The maximum Gasteiger partial charge on any atom is 0.0608 e. The van der Waals surface area contributed by atoms with Crippen LogP contribution in [0.4, 0.5) is 0 Å². The topological polar surface area (TPSA) is 20.2 Å². The molecule has 0 amide bonds. The fourth-order valence-corrected chi connectivity index (χ4v) is 6.52. The number of allylic oxidation sites excluding steroid dienone is 1. The summed E-state index contributed by atoms with van der Waals surface area (Å²) in [7, 11) is 0. The number of hydrogen-bond acceptors (Lipinski definition) is 1. The van der Waals surface area contributed by atoms with Crippen molar-refractivity contribution in [1.82, 2.24) is 0 Å². The monoisotopic (exact) mass is 433 g/mol. The number of rotatable bonds is 4. The third-order valence-corrected chi connectivity index (χ3v) is 8.49. The molecule has 0 bridgehead atoms. The Kier molecular flexibility index (Phi) is 8.29. The maximum atomic E-state index is 10.5. The van der Waals surface area contributed by atoms with E-state index in [1.807, 2.05) is 0 Å². The van der Waals surface area contributed by atoms with Crippen LogP contribution in [0.25, 0.3) is 0 Å². The molecular weight excluding hydrogens is 393 g/mol. The Morgan fingerprint density at radius 3 is 2.19 bits per heavy atom. The minimum atomic E-state index is -0.0616. The minimum Gasteiger partial charge on any atom is -0.392 e. The molecule has 0 aromatic rings. The van der Waals surface area contributed by atoms with Gasteiger partial charge in [0, 0.05) is 38.6 Å². The van der Waals surface area contributed by atoms with Crippen LogP contribution < -0.4 is 0 Å². The average Bonchev–Trinajstić information content (AvgIpc) is 2.59. The molecule has 0 aromatic heterocycles. The third kappa shape index (κ3) is 5.24. The molecule has 3 fully saturated rings. The van der Waals surface area contributed by atoms with Crippen LogP contribution in [0.1, 0.15) is 96.8 Å². The molecular formula is C24H40OY. The molecule has 3 saturated carbocycles. The van der Waals surface area contributed by atoms with Crippen LogP contribution in [-0.2, 0) is 32.7 Å². The van der Waals surface area contributed by atoms with Crippen molar-refractivity contribution in [2.45, 2.75) is 103 Å². The van der Waals surface area contributed by atoms with E-state index in [2.05, 4.69) is 13.0 Å². The van der Waals surface area contributed by atoms with E-state index in [1.165, 1.54) is 77.0 Å². The van der Waals surface area contributed by atoms with E-state index in [1.54, 1.807) is 12.0 Å². The van der Waals surface area contributed by atoms with Crippen LogP contribution in [0.5, 0.6) is 0 Å². The quantitative estimate of drug-likeness (QED) is 0.502. The molecule has 4 aliphatic rings. The van der Waals surface area contributed by atoms with Gasteiger partial charge in [-0.2, -0.15) is 0 Å². The third-order valence-electron chi connectivity index (χ3n) is 8.49. The van der Waals surface area contributed by atoms with Crippen molar-refractivity contribution in [3.8, 4) is 0 Å². The average molecular weight is 433 g/mol. The van der Waals surface area contributed by atoms with Crippen LogP contribution in [-0.4, -0.2) is 11.2 Å². The molecule has 4 atom stereocenters. The summed E-state index contributed by atoms with van der Waals surface area (Å²) in [5.74, 6) is 5.34. The second kappa shape index (κ2) is 10.0. The molecule has 4 unspecified atom stereocenters. The zero-order valence-corrected chi connectivity index (χ0v) is 19.9. The SMILES string of the molecule is CC1CCC(C2=CCC(C3CCC(CC4CCC4)CC3)CC2)C(O)C1.[Y]. The number of aliphatic hydroxyl groups is 1. The van der Waals surface area contributed by atoms with Gasteiger partial charge in [-0.15, -0.1) is 0 Å². The Balaban J connectivity index is 0.00000196. The number of aliphatic hydroxyl groups excluding tert-OH is 1. The molecule has 145 valence electrons. The van der Waals surface area contributed by atoms with Gasteiger partial charge in [0.25, 0.3) is 0 Å². The molecule has 4 rings (SSSR count). The van der Waals surface area contributed by atoms with E-state index in [4.69, 9.17) is 0 Å². The van der Waals surface area contributed by atoms with E-state index in [0.29, 0.717) is 5.92 Å². The molecule has 2 heteroatoms. The van der Waals surface area contributed by atoms with E-state index >= 15 is 0 Å². The second-order valence-electron chi connectivity index (χ2n) is 10.2. The van der Waals surface area contributed by atoms with Gasteiger partial charge in [-0.1, -0.05) is 50.7 Å². The zero-order valence-electron chi connectivity index (χ0n) is 17.0. The van der Waals surface area contributed by atoms with Gasteiger partial charge < -0.3 is 5.11 Å². The van der Waals surface area contributed by atoms with Gasteiger partial charge in [0.1, 0.15) is 0 Å². The van der Waals surface area contributed by atoms with Crippen LogP contribution in [0.3, 0.4) is 0 Å². The summed E-state index contributed by atoms with van der Waals surface area (Å²) < 4.78 is 0. The van der Waals surface area contributed by atoms with Crippen LogP contribution in [0, 0.1) is 35.5 Å². The summed E-state index contributed by atoms with van der Waals surface area (Å²) in [6.07, 6.45) is 22.2. The zero-order chi connectivity index (χ0) is 17.2. The van der Waals surface area contributed by atoms with Gasteiger partial charge in [-0.3, -0.25) is 0 Å². The molecule has 0 spiro atoms. The first-order chi connectivity index (χ1) is 12.2. The Hall–Kier alpha value is 0.804. The first-order valence-electron chi connectivity index (χ1n) is 11.6. The van der Waals surface area contributed by atoms with Gasteiger partial charge >= 0.3 is 0 Å².